The molecule has 11 nitrogen and oxygen atoms in total. The second-order valence-electron chi connectivity index (χ2n) is 11.0. The van der Waals surface area contributed by atoms with Crippen molar-refractivity contribution in [2.75, 3.05) is 12.3 Å². The lowest BCUT2D eigenvalue weighted by Crippen LogP contribution is -2.66. The highest BCUT2D eigenvalue weighted by atomic mass is 28.5. The lowest BCUT2D eigenvalue weighted by Gasteiger charge is -2.52. The Labute approximate surface area is 209 Å². The van der Waals surface area contributed by atoms with Gasteiger partial charge in [-0.2, -0.15) is 4.98 Å². The van der Waals surface area contributed by atoms with E-state index in [-0.39, 0.29) is 34.6 Å². The molecule has 2 aliphatic rings. The van der Waals surface area contributed by atoms with E-state index in [2.05, 4.69) is 70.4 Å². The van der Waals surface area contributed by atoms with Crippen molar-refractivity contribution in [3.8, 4) is 0 Å². The number of aromatic nitrogens is 2. The molecule has 1 aromatic rings. The molecule has 2 aliphatic heterocycles. The van der Waals surface area contributed by atoms with E-state index >= 15 is 0 Å². The maximum atomic E-state index is 12.8. The third-order valence-electron chi connectivity index (χ3n) is 7.40. The fourth-order valence-electron chi connectivity index (χ4n) is 5.49. The lowest BCUT2D eigenvalue weighted by atomic mass is 9.93. The smallest absolute Gasteiger partial charge is 0.351 e. The van der Waals surface area contributed by atoms with Gasteiger partial charge in [0, 0.05) is 11.1 Å². The van der Waals surface area contributed by atoms with E-state index in [1.54, 1.807) is 6.92 Å². The molecule has 0 unspecified atom stereocenters. The van der Waals surface area contributed by atoms with Crippen molar-refractivity contribution in [3.05, 3.63) is 33.2 Å². The first-order chi connectivity index (χ1) is 16.2. The predicted molar refractivity (Wildman–Crippen MR) is 138 cm³/mol. The Morgan fingerprint density at radius 1 is 1.14 bits per heavy atom. The fraction of sp³-hybridized carbons (Fsp3) is 0.818. The third kappa shape index (κ3) is 4.59. The second-order valence-corrected chi connectivity index (χ2v) is 19.8. The molecule has 0 spiro atoms. The Bertz CT molecular complexity index is 1010. The summed E-state index contributed by atoms with van der Waals surface area (Å²) in [5.41, 5.74) is 13.9. The standard InChI is InChI=1S/C22H40N6O5Si2/c1-13(2)34(14(3)4)30-12-17-19(32-35(33-34,15(5)6)16(7)8)22(9,26-27-24)20(31-17)28-11-10-18(23)25-21(28)29/h10-11,13-17,19-20H,12H2,1-9H3,(H2,23,25,29)/t17-,19-,20-,22-/m1/s1. The Kier molecular flexibility index (Phi) is 7.93. The van der Waals surface area contributed by atoms with Gasteiger partial charge in [0.2, 0.25) is 0 Å². The zero-order valence-electron chi connectivity index (χ0n) is 22.3. The minimum absolute atomic E-state index is 0.0875. The van der Waals surface area contributed by atoms with Crippen LogP contribution in [-0.2, 0) is 17.7 Å². The molecule has 4 atom stereocenters. The molecule has 0 aromatic carbocycles. The number of hydrogen-bond acceptors (Lipinski definition) is 8. The van der Waals surface area contributed by atoms with Gasteiger partial charge in [0.1, 0.15) is 17.5 Å². The van der Waals surface area contributed by atoms with Gasteiger partial charge in [0.15, 0.2) is 6.23 Å². The van der Waals surface area contributed by atoms with Crippen molar-refractivity contribution in [2.45, 2.75) is 108 Å². The maximum absolute atomic E-state index is 12.8. The highest BCUT2D eigenvalue weighted by Crippen LogP contribution is 2.51. The fourth-order valence-corrected chi connectivity index (χ4v) is 16.8. The summed E-state index contributed by atoms with van der Waals surface area (Å²) in [6, 6.07) is 1.51. The number of anilines is 1. The van der Waals surface area contributed by atoms with Crippen LogP contribution in [0, 0.1) is 0 Å². The largest absolute Gasteiger partial charge is 0.414 e. The van der Waals surface area contributed by atoms with E-state index in [1.165, 1.54) is 16.8 Å². The first-order valence-corrected chi connectivity index (χ1v) is 16.3. The van der Waals surface area contributed by atoms with E-state index in [1.807, 2.05) is 0 Å². The predicted octanol–water partition coefficient (Wildman–Crippen LogP) is 4.75. The van der Waals surface area contributed by atoms with Crippen LogP contribution in [0.4, 0.5) is 5.82 Å². The SMILES string of the molecule is CC(C)[Si]1(C(C)C)OC[C@H]2O[C@@H](n3ccc(N)nc3=O)[C@](C)(N=[N+]=[N-])[C@@H]2O[Si](C(C)C)(C(C)C)O1. The molecule has 0 aliphatic carbocycles. The van der Waals surface area contributed by atoms with Crippen LogP contribution in [0.5, 0.6) is 0 Å². The molecule has 13 heteroatoms. The topological polar surface area (TPSA) is 147 Å². The molecule has 1 aromatic heterocycles. The van der Waals surface area contributed by atoms with Gasteiger partial charge in [-0.1, -0.05) is 60.5 Å². The Morgan fingerprint density at radius 2 is 1.71 bits per heavy atom. The molecule has 2 N–H and O–H groups in total. The van der Waals surface area contributed by atoms with Crippen molar-refractivity contribution in [2.24, 2.45) is 5.11 Å². The van der Waals surface area contributed by atoms with Crippen molar-refractivity contribution in [3.63, 3.8) is 0 Å². The Morgan fingerprint density at radius 3 is 2.20 bits per heavy atom. The molecule has 2 fully saturated rings. The highest BCUT2D eigenvalue weighted by molar-refractivity contribution is 6.84. The van der Waals surface area contributed by atoms with E-state index in [9.17, 15) is 10.3 Å². The summed E-state index contributed by atoms with van der Waals surface area (Å²) in [7, 11) is -5.76. The van der Waals surface area contributed by atoms with Gasteiger partial charge in [0.25, 0.3) is 0 Å². The molecule has 0 amide bonds. The monoisotopic (exact) mass is 524 g/mol. The summed E-state index contributed by atoms with van der Waals surface area (Å²) in [5, 5.41) is 4.16. The van der Waals surface area contributed by atoms with Gasteiger partial charge in [-0.05, 0) is 40.7 Å². The first kappa shape index (κ1) is 27.8. The molecule has 3 rings (SSSR count). The van der Waals surface area contributed by atoms with Crippen LogP contribution in [0.15, 0.2) is 22.2 Å². The summed E-state index contributed by atoms with van der Waals surface area (Å²) in [5.74, 6) is 0.101. The van der Waals surface area contributed by atoms with Crippen molar-refractivity contribution < 1.29 is 17.7 Å². The summed E-state index contributed by atoms with van der Waals surface area (Å²) < 4.78 is 28.8. The first-order valence-electron chi connectivity index (χ1n) is 12.3. The highest BCUT2D eigenvalue weighted by Gasteiger charge is 2.64. The second kappa shape index (κ2) is 9.96. The lowest BCUT2D eigenvalue weighted by molar-refractivity contribution is -0.0575. The minimum Gasteiger partial charge on any atom is -0.414 e. The van der Waals surface area contributed by atoms with Gasteiger partial charge >= 0.3 is 22.8 Å². The molecule has 35 heavy (non-hydrogen) atoms. The molecular formula is C22H40N6O5Si2. The quantitative estimate of drug-likeness (QED) is 0.244. The number of fused-ring (bicyclic) bond motifs is 1. The van der Waals surface area contributed by atoms with Crippen LogP contribution >= 0.6 is 0 Å². The van der Waals surface area contributed by atoms with E-state index in [0.717, 1.165) is 0 Å². The summed E-state index contributed by atoms with van der Waals surface area (Å²) in [4.78, 5) is 19.7. The number of nitrogens with two attached hydrogens (primary N) is 1. The van der Waals surface area contributed by atoms with Gasteiger partial charge in [0.05, 0.1) is 12.7 Å². The number of nitrogens with zero attached hydrogens (tertiary/aromatic N) is 5. The summed E-state index contributed by atoms with van der Waals surface area (Å²) in [6.07, 6.45) is -0.697. The Balaban J connectivity index is 2.22. The Hall–Kier alpha value is -1.74. The number of nitrogen functional groups attached to an aromatic ring is 1. The number of hydrogen-bond donors (Lipinski definition) is 1. The van der Waals surface area contributed by atoms with E-state index < -0.39 is 46.8 Å². The van der Waals surface area contributed by atoms with Crippen LogP contribution in [0.3, 0.4) is 0 Å². The zero-order chi connectivity index (χ0) is 26.3. The number of rotatable bonds is 6. The van der Waals surface area contributed by atoms with Crippen molar-refractivity contribution in [1.82, 2.24) is 9.55 Å². The molecule has 0 saturated carbocycles. The normalized spacial score (nSPS) is 30.3. The van der Waals surface area contributed by atoms with Crippen LogP contribution in [-0.4, -0.2) is 51.0 Å². The minimum atomic E-state index is -2.99. The van der Waals surface area contributed by atoms with Crippen molar-refractivity contribution in [1.29, 1.82) is 0 Å². The molecule has 3 heterocycles. The third-order valence-corrected chi connectivity index (χ3v) is 17.6. The average Bonchev–Trinajstić information content (AvgIpc) is 2.98. The van der Waals surface area contributed by atoms with Gasteiger partial charge < -0.3 is 23.4 Å². The van der Waals surface area contributed by atoms with Gasteiger partial charge in [-0.25, -0.2) is 4.79 Å². The van der Waals surface area contributed by atoms with Crippen molar-refractivity contribution >= 4 is 22.9 Å². The average molecular weight is 525 g/mol. The van der Waals surface area contributed by atoms with Gasteiger partial charge in [-0.3, -0.25) is 4.57 Å². The molecule has 2 saturated heterocycles. The number of ether oxygens (including phenoxy) is 1. The molecule has 196 valence electrons. The molecule has 0 bridgehead atoms. The van der Waals surface area contributed by atoms with E-state index in [4.69, 9.17) is 23.4 Å². The molecular weight excluding hydrogens is 484 g/mol. The number of azide groups is 1. The van der Waals surface area contributed by atoms with Gasteiger partial charge in [-0.15, -0.1) is 0 Å². The summed E-state index contributed by atoms with van der Waals surface area (Å²) in [6.45, 7) is 19.0. The summed E-state index contributed by atoms with van der Waals surface area (Å²) >= 11 is 0. The van der Waals surface area contributed by atoms with Crippen LogP contribution in [0.25, 0.3) is 10.4 Å². The van der Waals surface area contributed by atoms with Crippen LogP contribution < -0.4 is 11.4 Å². The van der Waals surface area contributed by atoms with Crippen LogP contribution in [0.2, 0.25) is 22.2 Å². The van der Waals surface area contributed by atoms with Crippen LogP contribution in [0.1, 0.15) is 68.5 Å². The van der Waals surface area contributed by atoms with E-state index in [0.29, 0.717) is 0 Å². The zero-order valence-corrected chi connectivity index (χ0v) is 24.3. The maximum Gasteiger partial charge on any atom is 0.351 e. The molecule has 0 radical (unpaired) electrons.